The Morgan fingerprint density at radius 3 is 2.33 bits per heavy atom. The van der Waals surface area contributed by atoms with E-state index >= 15 is 0 Å². The number of allylic oxidation sites excluding steroid dienone is 8. The van der Waals surface area contributed by atoms with Gasteiger partial charge in [-0.2, -0.15) is 0 Å². The lowest BCUT2D eigenvalue weighted by Crippen LogP contribution is -2.36. The van der Waals surface area contributed by atoms with E-state index in [1.807, 2.05) is 0 Å². The maximum Gasteiger partial charge on any atom is 0.235 e. The fourth-order valence-corrected chi connectivity index (χ4v) is 8.99. The summed E-state index contributed by atoms with van der Waals surface area (Å²) in [6, 6.07) is 19.9. The van der Waals surface area contributed by atoms with Gasteiger partial charge in [-0.25, -0.2) is 9.97 Å². The van der Waals surface area contributed by atoms with Crippen LogP contribution in [0.1, 0.15) is 55.7 Å². The van der Waals surface area contributed by atoms with Crippen molar-refractivity contribution in [2.75, 3.05) is 0 Å². The van der Waals surface area contributed by atoms with E-state index in [1.165, 1.54) is 58.4 Å². The first-order valence-electron chi connectivity index (χ1n) is 17.1. The summed E-state index contributed by atoms with van der Waals surface area (Å²) in [6.45, 7) is 0. The van der Waals surface area contributed by atoms with Crippen molar-refractivity contribution >= 4 is 28.6 Å². The summed E-state index contributed by atoms with van der Waals surface area (Å²) in [5.74, 6) is 1.50. The highest BCUT2D eigenvalue weighted by atomic mass is 15.2. The summed E-state index contributed by atoms with van der Waals surface area (Å²) in [5.41, 5.74) is 10.6. The van der Waals surface area contributed by atoms with Crippen LogP contribution in [0.5, 0.6) is 0 Å². The summed E-state index contributed by atoms with van der Waals surface area (Å²) < 4.78 is 2.42. The zero-order valence-electron chi connectivity index (χ0n) is 25.9. The topological polar surface area (TPSA) is 34.0 Å². The number of nitrogens with zero attached hydrogens (tertiary/aromatic N) is 4. The van der Waals surface area contributed by atoms with Crippen LogP contribution in [0.15, 0.2) is 121 Å². The number of rotatable bonds is 3. The third-order valence-electron chi connectivity index (χ3n) is 10.9. The maximum absolute atomic E-state index is 5.45. The second-order valence-electron chi connectivity index (χ2n) is 13.4. The van der Waals surface area contributed by atoms with E-state index < -0.39 is 0 Å². The molecular weight excluding hydrogens is 560 g/mol. The Morgan fingerprint density at radius 1 is 0.674 bits per heavy atom. The molecule has 10 rings (SSSR count). The lowest BCUT2D eigenvalue weighted by atomic mass is 9.72. The Kier molecular flexibility index (Phi) is 5.87. The van der Waals surface area contributed by atoms with Crippen molar-refractivity contribution < 1.29 is 0 Å². The molecule has 4 aromatic rings. The number of fused-ring (bicyclic) bond motifs is 10. The van der Waals surface area contributed by atoms with Gasteiger partial charge < -0.3 is 4.90 Å². The molecule has 4 atom stereocenters. The smallest absolute Gasteiger partial charge is 0.235 e. The first-order valence-corrected chi connectivity index (χ1v) is 17.1. The largest absolute Gasteiger partial charge is 0.340 e. The van der Waals surface area contributed by atoms with Crippen LogP contribution in [0.3, 0.4) is 0 Å². The van der Waals surface area contributed by atoms with Gasteiger partial charge in [0.15, 0.2) is 0 Å². The van der Waals surface area contributed by atoms with Gasteiger partial charge in [0.05, 0.1) is 22.6 Å². The molecule has 0 N–H and O–H groups in total. The minimum absolute atomic E-state index is 0.182. The van der Waals surface area contributed by atoms with Crippen LogP contribution in [0.2, 0.25) is 0 Å². The van der Waals surface area contributed by atoms with E-state index in [4.69, 9.17) is 9.97 Å². The van der Waals surface area contributed by atoms with Crippen molar-refractivity contribution in [3.05, 3.63) is 143 Å². The van der Waals surface area contributed by atoms with Crippen LogP contribution >= 0.6 is 0 Å². The summed E-state index contributed by atoms with van der Waals surface area (Å²) in [6.07, 6.45) is 32.9. The van der Waals surface area contributed by atoms with Gasteiger partial charge in [0.2, 0.25) is 5.95 Å². The summed E-state index contributed by atoms with van der Waals surface area (Å²) in [7, 11) is 0. The quantitative estimate of drug-likeness (QED) is 0.241. The number of aromatic nitrogens is 3. The molecular formula is C42H36N4. The van der Waals surface area contributed by atoms with Gasteiger partial charge >= 0.3 is 0 Å². The van der Waals surface area contributed by atoms with Crippen molar-refractivity contribution in [1.29, 1.82) is 0 Å². The molecule has 0 saturated heterocycles. The van der Waals surface area contributed by atoms with Crippen molar-refractivity contribution in [3.8, 4) is 17.2 Å². The Labute approximate surface area is 269 Å². The van der Waals surface area contributed by atoms with Crippen LogP contribution < -0.4 is 10.6 Å². The molecule has 0 spiro atoms. The first-order chi connectivity index (χ1) is 22.9. The van der Waals surface area contributed by atoms with Crippen LogP contribution in [0.25, 0.3) is 45.8 Å². The van der Waals surface area contributed by atoms with E-state index in [1.54, 1.807) is 0 Å². The Hall–Kier alpha value is -4.96. The average molecular weight is 597 g/mol. The van der Waals surface area contributed by atoms with Gasteiger partial charge in [-0.15, -0.1) is 0 Å². The molecule has 2 aromatic carbocycles. The predicted molar refractivity (Wildman–Crippen MR) is 187 cm³/mol. The molecule has 0 radical (unpaired) electrons. The average Bonchev–Trinajstić information content (AvgIpc) is 3.66. The van der Waals surface area contributed by atoms with Crippen molar-refractivity contribution in [3.63, 3.8) is 0 Å². The SMILES string of the molecule is C1=CC2C3=C(c4c(n(-c5nc(-c6ccccc6)c6c(n5)=CCCC=6)c5ccccc45)C2C=C1)C1C=CC=CC1N3C1=CCCCC1. The normalized spacial score (nSPS) is 25.3. The Balaban J connectivity index is 1.30. The molecule has 1 aliphatic heterocycles. The number of benzene rings is 2. The molecule has 5 aliphatic carbocycles. The number of para-hydroxylation sites is 1. The fourth-order valence-electron chi connectivity index (χ4n) is 8.99. The second-order valence-corrected chi connectivity index (χ2v) is 13.4. The maximum atomic E-state index is 5.45. The van der Waals surface area contributed by atoms with Gasteiger partial charge in [-0.1, -0.05) is 115 Å². The number of hydrogen-bond acceptors (Lipinski definition) is 3. The molecule has 0 saturated carbocycles. The molecule has 6 aliphatic rings. The molecule has 3 heterocycles. The van der Waals surface area contributed by atoms with Crippen molar-refractivity contribution in [1.82, 2.24) is 19.4 Å². The number of hydrogen-bond donors (Lipinski definition) is 0. The zero-order chi connectivity index (χ0) is 30.2. The molecule has 2 aromatic heterocycles. The van der Waals surface area contributed by atoms with Crippen molar-refractivity contribution in [2.45, 2.75) is 50.5 Å². The Bertz CT molecular complexity index is 2240. The van der Waals surface area contributed by atoms with Crippen molar-refractivity contribution in [2.24, 2.45) is 11.8 Å². The van der Waals surface area contributed by atoms with E-state index in [0.29, 0.717) is 12.0 Å². The van der Waals surface area contributed by atoms with Gasteiger partial charge in [0.1, 0.15) is 0 Å². The van der Waals surface area contributed by atoms with E-state index in [-0.39, 0.29) is 11.8 Å². The molecule has 4 nitrogen and oxygen atoms in total. The summed E-state index contributed by atoms with van der Waals surface area (Å²) in [4.78, 5) is 13.6. The van der Waals surface area contributed by atoms with Gasteiger partial charge in [-0.3, -0.25) is 4.57 Å². The minimum atomic E-state index is 0.182. The van der Waals surface area contributed by atoms with Gasteiger partial charge in [0.25, 0.3) is 0 Å². The highest BCUT2D eigenvalue weighted by Gasteiger charge is 2.50. The first kappa shape index (κ1) is 26.3. The van der Waals surface area contributed by atoms with Crippen LogP contribution in [-0.2, 0) is 0 Å². The summed E-state index contributed by atoms with van der Waals surface area (Å²) in [5, 5.41) is 3.50. The monoisotopic (exact) mass is 596 g/mol. The zero-order valence-corrected chi connectivity index (χ0v) is 25.9. The Morgan fingerprint density at radius 2 is 1.46 bits per heavy atom. The molecule has 46 heavy (non-hydrogen) atoms. The standard InChI is InChI=1S/C42H36N4/c1-3-15-27(16-4-1)39-31-21-9-12-24-34(31)43-42(44-39)46-36-26-14-11-23-33(36)38-37-32-22-10-13-25-35(32)45(28-17-5-2-6-18-28)40(37)29-19-7-8-20-30(29)41(38)46/h1,3-4,7-8,10-11,13-17,19-26,29-30,32,35H,2,5-6,9,12,18H2. The minimum Gasteiger partial charge on any atom is -0.340 e. The highest BCUT2D eigenvalue weighted by molar-refractivity contribution is 6.00. The molecule has 0 amide bonds. The third-order valence-corrected chi connectivity index (χ3v) is 10.9. The summed E-state index contributed by atoms with van der Waals surface area (Å²) >= 11 is 0. The van der Waals surface area contributed by atoms with Crippen LogP contribution in [0, 0.1) is 11.8 Å². The van der Waals surface area contributed by atoms with E-state index in [0.717, 1.165) is 47.0 Å². The molecule has 4 unspecified atom stereocenters. The molecule has 0 bridgehead atoms. The molecule has 0 fully saturated rings. The molecule has 224 valence electrons. The highest BCUT2D eigenvalue weighted by Crippen LogP contribution is 2.58. The second kappa shape index (κ2) is 10.3. The molecule has 4 heteroatoms. The third kappa shape index (κ3) is 3.73. The predicted octanol–water partition coefficient (Wildman–Crippen LogP) is 7.88. The van der Waals surface area contributed by atoms with Gasteiger partial charge in [-0.05, 0) is 50.2 Å². The van der Waals surface area contributed by atoms with E-state index in [9.17, 15) is 0 Å². The van der Waals surface area contributed by atoms with Crippen LogP contribution in [0.4, 0.5) is 0 Å². The lowest BCUT2D eigenvalue weighted by molar-refractivity contribution is 0.315. The fraction of sp³-hybridized carbons (Fsp3) is 0.238. The van der Waals surface area contributed by atoms with Gasteiger partial charge in [0, 0.05) is 56.6 Å². The van der Waals surface area contributed by atoms with E-state index in [2.05, 4.69) is 131 Å². The van der Waals surface area contributed by atoms with Crippen LogP contribution in [-0.4, -0.2) is 25.5 Å². The lowest BCUT2D eigenvalue weighted by Gasteiger charge is -2.39.